The van der Waals surface area contributed by atoms with Crippen LogP contribution in [-0.4, -0.2) is 35.0 Å². The zero-order valence-electron chi connectivity index (χ0n) is 15.1. The van der Waals surface area contributed by atoms with Crippen molar-refractivity contribution in [2.75, 3.05) is 14.1 Å². The second-order valence-electron chi connectivity index (χ2n) is 6.36. The number of rotatable bonds is 7. The summed E-state index contributed by atoms with van der Waals surface area (Å²) in [6.45, 7) is 2.27. The summed E-state index contributed by atoms with van der Waals surface area (Å²) in [5, 5.41) is 8.86. The lowest BCUT2D eigenvalue weighted by molar-refractivity contribution is -0.126. The average Bonchev–Trinajstić information content (AvgIpc) is 3.27. The predicted molar refractivity (Wildman–Crippen MR) is 101 cm³/mol. The number of nitrogens with one attached hydrogen (secondary N) is 1. The zero-order chi connectivity index (χ0) is 18.5. The Morgan fingerprint density at radius 3 is 2.69 bits per heavy atom. The lowest BCUT2D eigenvalue weighted by atomic mass is 10.0. The van der Waals surface area contributed by atoms with Gasteiger partial charge in [0.25, 0.3) is 0 Å². The van der Waals surface area contributed by atoms with Gasteiger partial charge in [-0.2, -0.15) is 4.98 Å². The molecule has 1 aromatic carbocycles. The molecule has 2 aromatic heterocycles. The monoisotopic (exact) mass is 370 g/mol. The van der Waals surface area contributed by atoms with Gasteiger partial charge in [0.2, 0.25) is 11.8 Å². The normalized spacial score (nSPS) is 12.3. The van der Waals surface area contributed by atoms with Crippen molar-refractivity contribution in [1.82, 2.24) is 20.4 Å². The quantitative estimate of drug-likeness (QED) is 0.692. The highest BCUT2D eigenvalue weighted by molar-refractivity contribution is 7.09. The molecule has 6 nitrogen and oxygen atoms in total. The van der Waals surface area contributed by atoms with Gasteiger partial charge >= 0.3 is 0 Å². The van der Waals surface area contributed by atoms with Crippen LogP contribution in [0.3, 0.4) is 0 Å². The van der Waals surface area contributed by atoms with Gasteiger partial charge in [-0.25, -0.2) is 0 Å². The van der Waals surface area contributed by atoms with Crippen molar-refractivity contribution in [3.8, 4) is 0 Å². The number of benzene rings is 1. The average molecular weight is 370 g/mol. The van der Waals surface area contributed by atoms with Crippen LogP contribution in [-0.2, 0) is 17.8 Å². The molecule has 136 valence electrons. The summed E-state index contributed by atoms with van der Waals surface area (Å²) in [5.74, 6) is 0.939. The first-order chi connectivity index (χ1) is 12.5. The molecule has 1 atom stereocenters. The second-order valence-corrected chi connectivity index (χ2v) is 7.39. The minimum Gasteiger partial charge on any atom is -0.347 e. The number of carbonyl (C=O) groups excluding carboxylic acids is 1. The van der Waals surface area contributed by atoms with Gasteiger partial charge in [0.05, 0.1) is 13.0 Å². The Bertz CT molecular complexity index is 841. The van der Waals surface area contributed by atoms with E-state index in [1.54, 1.807) is 11.3 Å². The topological polar surface area (TPSA) is 71.3 Å². The largest absolute Gasteiger partial charge is 0.347 e. The van der Waals surface area contributed by atoms with Crippen molar-refractivity contribution in [2.45, 2.75) is 25.9 Å². The molecule has 0 bridgehead atoms. The Kier molecular flexibility index (Phi) is 5.80. The zero-order valence-corrected chi connectivity index (χ0v) is 15.9. The number of likely N-dealkylation sites (N-methyl/N-ethyl adjacent to an activating group) is 1. The summed E-state index contributed by atoms with van der Waals surface area (Å²) in [5.41, 5.74) is 2.11. The van der Waals surface area contributed by atoms with Gasteiger partial charge in [-0.3, -0.25) is 9.69 Å². The van der Waals surface area contributed by atoms with Crippen LogP contribution >= 0.6 is 11.3 Å². The standard InChI is InChI=1S/C19H22N4O2S/c1-13-6-8-14(9-7-13)18(23(2)3)19(24)20-12-16-21-17(25-22-16)11-15-5-4-10-26-15/h4-10,18H,11-12H2,1-3H3,(H,20,24). The number of aromatic nitrogens is 2. The van der Waals surface area contributed by atoms with Crippen molar-refractivity contribution >= 4 is 17.2 Å². The highest BCUT2D eigenvalue weighted by Gasteiger charge is 2.23. The van der Waals surface area contributed by atoms with E-state index in [0.717, 1.165) is 16.0 Å². The molecule has 0 radical (unpaired) electrons. The summed E-state index contributed by atoms with van der Waals surface area (Å²) in [7, 11) is 3.77. The third-order valence-electron chi connectivity index (χ3n) is 3.99. The van der Waals surface area contributed by atoms with Crippen LogP contribution < -0.4 is 5.32 Å². The van der Waals surface area contributed by atoms with Crippen molar-refractivity contribution in [1.29, 1.82) is 0 Å². The number of thiophene rings is 1. The number of amides is 1. The Hall–Kier alpha value is -2.51. The van der Waals surface area contributed by atoms with E-state index in [9.17, 15) is 4.79 Å². The first-order valence-corrected chi connectivity index (χ1v) is 9.25. The van der Waals surface area contributed by atoms with Crippen molar-refractivity contribution in [3.63, 3.8) is 0 Å². The molecule has 26 heavy (non-hydrogen) atoms. The Labute approximate surface area is 156 Å². The minimum atomic E-state index is -0.368. The van der Waals surface area contributed by atoms with Gasteiger partial charge in [-0.1, -0.05) is 41.1 Å². The molecule has 0 aliphatic heterocycles. The summed E-state index contributed by atoms with van der Waals surface area (Å²) in [6.07, 6.45) is 0.613. The molecule has 0 fully saturated rings. The van der Waals surface area contributed by atoms with Gasteiger partial charge in [0, 0.05) is 4.88 Å². The smallest absolute Gasteiger partial charge is 0.242 e. The van der Waals surface area contributed by atoms with Crippen molar-refractivity contribution < 1.29 is 9.32 Å². The predicted octanol–water partition coefficient (Wildman–Crippen LogP) is 2.95. The molecular weight excluding hydrogens is 348 g/mol. The molecule has 1 N–H and O–H groups in total. The summed E-state index contributed by atoms with van der Waals surface area (Å²) in [6, 6.07) is 11.6. The number of carbonyl (C=O) groups is 1. The molecule has 0 spiro atoms. The Balaban J connectivity index is 1.61. The molecule has 0 saturated heterocycles. The summed E-state index contributed by atoms with van der Waals surface area (Å²) < 4.78 is 5.26. The SMILES string of the molecule is Cc1ccc(C(C(=O)NCc2noc(Cc3cccs3)n2)N(C)C)cc1. The van der Waals surface area contributed by atoms with Gasteiger partial charge in [-0.15, -0.1) is 11.3 Å². The lowest BCUT2D eigenvalue weighted by Gasteiger charge is -2.23. The number of nitrogens with zero attached hydrogens (tertiary/aromatic N) is 3. The maximum Gasteiger partial charge on any atom is 0.242 e. The van der Waals surface area contributed by atoms with Crippen molar-refractivity contribution in [3.05, 3.63) is 69.5 Å². The van der Waals surface area contributed by atoms with Crippen molar-refractivity contribution in [2.24, 2.45) is 0 Å². The molecule has 0 aliphatic rings. The Morgan fingerprint density at radius 2 is 2.04 bits per heavy atom. The van der Waals surface area contributed by atoms with Crippen LogP contribution in [0.4, 0.5) is 0 Å². The molecule has 3 aromatic rings. The second kappa shape index (κ2) is 8.25. The van der Waals surface area contributed by atoms with Crippen LogP contribution in [0.2, 0.25) is 0 Å². The van der Waals surface area contributed by atoms with E-state index < -0.39 is 0 Å². The van der Waals surface area contributed by atoms with Gasteiger partial charge in [0.1, 0.15) is 6.04 Å². The summed E-state index contributed by atoms with van der Waals surface area (Å²) >= 11 is 1.65. The van der Waals surface area contributed by atoms with E-state index in [-0.39, 0.29) is 18.5 Å². The summed E-state index contributed by atoms with van der Waals surface area (Å²) in [4.78, 5) is 20.1. The van der Waals surface area contributed by atoms with Crippen LogP contribution in [0.15, 0.2) is 46.3 Å². The fraction of sp³-hybridized carbons (Fsp3) is 0.316. The van der Waals surface area contributed by atoms with Gasteiger partial charge < -0.3 is 9.84 Å². The van der Waals surface area contributed by atoms with E-state index in [0.29, 0.717) is 18.1 Å². The lowest BCUT2D eigenvalue weighted by Crippen LogP contribution is -2.36. The van der Waals surface area contributed by atoms with Crippen LogP contribution in [0.1, 0.15) is 33.8 Å². The fourth-order valence-electron chi connectivity index (χ4n) is 2.69. The van der Waals surface area contributed by atoms with E-state index in [4.69, 9.17) is 4.52 Å². The fourth-order valence-corrected chi connectivity index (χ4v) is 3.39. The highest BCUT2D eigenvalue weighted by Crippen LogP contribution is 2.19. The Morgan fingerprint density at radius 1 is 1.27 bits per heavy atom. The molecule has 1 unspecified atom stereocenters. The van der Waals surface area contributed by atoms with E-state index in [2.05, 4.69) is 15.5 Å². The number of aryl methyl sites for hydroxylation is 1. The molecule has 7 heteroatoms. The minimum absolute atomic E-state index is 0.0940. The third-order valence-corrected chi connectivity index (χ3v) is 4.87. The number of hydrogen-bond donors (Lipinski definition) is 1. The maximum atomic E-state index is 12.7. The molecule has 0 aliphatic carbocycles. The molecular formula is C19H22N4O2S. The van der Waals surface area contributed by atoms with E-state index in [1.165, 1.54) is 0 Å². The highest BCUT2D eigenvalue weighted by atomic mass is 32.1. The number of hydrogen-bond acceptors (Lipinski definition) is 6. The molecule has 1 amide bonds. The van der Waals surface area contributed by atoms with Gasteiger partial charge in [0.15, 0.2) is 5.82 Å². The molecule has 3 rings (SSSR count). The van der Waals surface area contributed by atoms with Crippen LogP contribution in [0.5, 0.6) is 0 Å². The van der Waals surface area contributed by atoms with E-state index >= 15 is 0 Å². The van der Waals surface area contributed by atoms with E-state index in [1.807, 2.05) is 67.7 Å². The molecule has 2 heterocycles. The van der Waals surface area contributed by atoms with Crippen LogP contribution in [0, 0.1) is 6.92 Å². The third kappa shape index (κ3) is 4.56. The van der Waals surface area contributed by atoms with Crippen LogP contribution in [0.25, 0.3) is 0 Å². The molecule has 0 saturated carbocycles. The van der Waals surface area contributed by atoms with Gasteiger partial charge in [-0.05, 0) is 38.0 Å². The first-order valence-electron chi connectivity index (χ1n) is 8.37. The maximum absolute atomic E-state index is 12.7. The first kappa shape index (κ1) is 18.3.